The first-order valence-electron chi connectivity index (χ1n) is 7.93. The number of nitrogens with zero attached hydrogens (tertiary/aromatic N) is 3. The lowest BCUT2D eigenvalue weighted by atomic mass is 10.2. The predicted octanol–water partition coefficient (Wildman–Crippen LogP) is 2.11. The number of rotatable bonds is 6. The molecule has 1 N–H and O–H groups in total. The molecule has 1 aliphatic heterocycles. The van der Waals surface area contributed by atoms with Gasteiger partial charge in [-0.25, -0.2) is 0 Å². The molecule has 0 fully saturated rings. The van der Waals surface area contributed by atoms with Crippen LogP contribution in [-0.4, -0.2) is 39.1 Å². The molecule has 0 saturated heterocycles. The summed E-state index contributed by atoms with van der Waals surface area (Å²) in [6.45, 7) is 6.22. The number of aromatic nitrogens is 3. The van der Waals surface area contributed by atoms with Gasteiger partial charge >= 0.3 is 0 Å². The van der Waals surface area contributed by atoms with E-state index in [9.17, 15) is 4.79 Å². The van der Waals surface area contributed by atoms with Gasteiger partial charge in [0.25, 0.3) is 0 Å². The van der Waals surface area contributed by atoms with Crippen LogP contribution in [0.3, 0.4) is 0 Å². The Morgan fingerprint density at radius 1 is 1.48 bits per heavy atom. The maximum Gasteiger partial charge on any atom is 0.233 e. The van der Waals surface area contributed by atoms with Crippen LogP contribution < -0.4 is 14.8 Å². The van der Waals surface area contributed by atoms with Crippen molar-refractivity contribution in [2.45, 2.75) is 23.4 Å². The fraction of sp³-hybridized carbons (Fsp3) is 0.353. The summed E-state index contributed by atoms with van der Waals surface area (Å²) in [5.74, 6) is 2.01. The highest BCUT2D eigenvalue weighted by Crippen LogP contribution is 2.36. The second-order valence-electron chi connectivity index (χ2n) is 5.56. The smallest absolute Gasteiger partial charge is 0.233 e. The summed E-state index contributed by atoms with van der Waals surface area (Å²) in [5, 5.41) is 11.5. The van der Waals surface area contributed by atoms with Crippen LogP contribution in [0.25, 0.3) is 0 Å². The zero-order valence-electron chi connectivity index (χ0n) is 14.1. The Balaban J connectivity index is 1.69. The van der Waals surface area contributed by atoms with Crippen LogP contribution in [0.15, 0.2) is 42.1 Å². The Labute approximate surface area is 150 Å². The topological polar surface area (TPSA) is 78.3 Å². The van der Waals surface area contributed by atoms with Gasteiger partial charge in [0.1, 0.15) is 6.61 Å². The van der Waals surface area contributed by atoms with Crippen molar-refractivity contribution >= 4 is 17.7 Å². The number of carbonyl (C=O) groups is 1. The van der Waals surface area contributed by atoms with E-state index in [-0.39, 0.29) is 17.3 Å². The molecule has 0 radical (unpaired) electrons. The number of para-hydroxylation sites is 2. The summed E-state index contributed by atoms with van der Waals surface area (Å²) >= 11 is 1.35. The standard InChI is InChI=1S/C17H20N4O3S/c1-4-9-18-16(22)11(2)25-17-20-19-15(21(17)3)14-10-23-12-7-5-6-8-13(12)24-14/h4-8,11,14H,1,9-10H2,2-3H3,(H,18,22)/t11-,14-/m0/s1. The molecule has 1 amide bonds. The van der Waals surface area contributed by atoms with Crippen molar-refractivity contribution in [2.75, 3.05) is 13.2 Å². The third kappa shape index (κ3) is 3.79. The maximum atomic E-state index is 12.0. The number of fused-ring (bicyclic) bond motifs is 1. The van der Waals surface area contributed by atoms with Gasteiger partial charge in [0.15, 0.2) is 28.6 Å². The number of hydrogen-bond acceptors (Lipinski definition) is 6. The van der Waals surface area contributed by atoms with Gasteiger partial charge in [-0.1, -0.05) is 30.0 Å². The van der Waals surface area contributed by atoms with Crippen LogP contribution in [0.5, 0.6) is 11.5 Å². The largest absolute Gasteiger partial charge is 0.485 e. The van der Waals surface area contributed by atoms with E-state index in [0.717, 1.165) is 5.75 Å². The van der Waals surface area contributed by atoms with Crippen molar-refractivity contribution in [1.82, 2.24) is 20.1 Å². The molecule has 0 spiro atoms. The van der Waals surface area contributed by atoms with Crippen LogP contribution in [0.4, 0.5) is 0 Å². The average molecular weight is 360 g/mol. The van der Waals surface area contributed by atoms with Crippen LogP contribution >= 0.6 is 11.8 Å². The molecule has 0 bridgehead atoms. The summed E-state index contributed by atoms with van der Waals surface area (Å²) in [6, 6.07) is 7.52. The number of thioether (sulfide) groups is 1. The number of hydrogen-bond donors (Lipinski definition) is 1. The SMILES string of the molecule is C=CCNC(=O)[C@H](C)Sc1nnc([C@@H]2COc3ccccc3O2)n1C. The fourth-order valence-electron chi connectivity index (χ4n) is 2.38. The van der Waals surface area contributed by atoms with Crippen molar-refractivity contribution in [3.05, 3.63) is 42.7 Å². The molecule has 2 atom stereocenters. The zero-order valence-corrected chi connectivity index (χ0v) is 15.0. The van der Waals surface area contributed by atoms with Crippen molar-refractivity contribution in [2.24, 2.45) is 7.05 Å². The molecule has 2 heterocycles. The molecule has 3 rings (SSSR count). The summed E-state index contributed by atoms with van der Waals surface area (Å²) in [4.78, 5) is 12.0. The van der Waals surface area contributed by atoms with Gasteiger partial charge in [-0.2, -0.15) is 0 Å². The molecule has 0 unspecified atom stereocenters. The molecule has 0 aliphatic carbocycles. The van der Waals surface area contributed by atoms with E-state index in [1.807, 2.05) is 42.8 Å². The van der Waals surface area contributed by atoms with Gasteiger partial charge in [-0.3, -0.25) is 4.79 Å². The number of ether oxygens (including phenoxy) is 2. The van der Waals surface area contributed by atoms with Crippen molar-refractivity contribution in [3.8, 4) is 11.5 Å². The molecule has 0 saturated carbocycles. The average Bonchev–Trinajstić information content (AvgIpc) is 2.99. The maximum absolute atomic E-state index is 12.0. The predicted molar refractivity (Wildman–Crippen MR) is 94.8 cm³/mol. The van der Waals surface area contributed by atoms with Gasteiger partial charge in [0.05, 0.1) is 5.25 Å². The van der Waals surface area contributed by atoms with E-state index in [0.29, 0.717) is 29.9 Å². The molecule has 2 aromatic rings. The van der Waals surface area contributed by atoms with E-state index in [1.54, 1.807) is 6.08 Å². The van der Waals surface area contributed by atoms with Crippen LogP contribution in [-0.2, 0) is 11.8 Å². The van der Waals surface area contributed by atoms with Gasteiger partial charge in [-0.15, -0.1) is 16.8 Å². The number of amides is 1. The fourth-order valence-corrected chi connectivity index (χ4v) is 3.23. The Hall–Kier alpha value is -2.48. The van der Waals surface area contributed by atoms with E-state index >= 15 is 0 Å². The second-order valence-corrected chi connectivity index (χ2v) is 6.87. The summed E-state index contributed by atoms with van der Waals surface area (Å²) in [5.41, 5.74) is 0. The number of nitrogens with one attached hydrogen (secondary N) is 1. The Morgan fingerprint density at radius 3 is 3.00 bits per heavy atom. The normalized spacial score (nSPS) is 17.0. The highest BCUT2D eigenvalue weighted by atomic mass is 32.2. The molecule has 7 nitrogen and oxygen atoms in total. The molecule has 25 heavy (non-hydrogen) atoms. The van der Waals surface area contributed by atoms with Crippen LogP contribution in [0.2, 0.25) is 0 Å². The third-order valence-corrected chi connectivity index (χ3v) is 4.87. The molecule has 1 aliphatic rings. The molecular weight excluding hydrogens is 340 g/mol. The van der Waals surface area contributed by atoms with Crippen molar-refractivity contribution in [3.63, 3.8) is 0 Å². The Bertz CT molecular complexity index is 777. The zero-order chi connectivity index (χ0) is 17.8. The first-order chi connectivity index (χ1) is 12.1. The minimum atomic E-state index is -0.341. The number of carbonyl (C=O) groups excluding carboxylic acids is 1. The van der Waals surface area contributed by atoms with Crippen molar-refractivity contribution < 1.29 is 14.3 Å². The minimum Gasteiger partial charge on any atom is -0.485 e. The second kappa shape index (κ2) is 7.60. The Kier molecular flexibility index (Phi) is 5.28. The van der Waals surface area contributed by atoms with Gasteiger partial charge in [0.2, 0.25) is 5.91 Å². The molecule has 8 heteroatoms. The summed E-state index contributed by atoms with van der Waals surface area (Å²) < 4.78 is 13.5. The van der Waals surface area contributed by atoms with Gasteiger partial charge < -0.3 is 19.4 Å². The van der Waals surface area contributed by atoms with Crippen LogP contribution in [0.1, 0.15) is 18.9 Å². The van der Waals surface area contributed by atoms with E-state index in [4.69, 9.17) is 9.47 Å². The summed E-state index contributed by atoms with van der Waals surface area (Å²) in [6.07, 6.45) is 1.31. The number of benzene rings is 1. The molecule has 132 valence electrons. The van der Waals surface area contributed by atoms with E-state index in [1.165, 1.54) is 11.8 Å². The highest BCUT2D eigenvalue weighted by Gasteiger charge is 2.28. The van der Waals surface area contributed by atoms with Crippen LogP contribution in [0, 0.1) is 0 Å². The lowest BCUT2D eigenvalue weighted by Crippen LogP contribution is -2.31. The molecule has 1 aromatic heterocycles. The van der Waals surface area contributed by atoms with Crippen molar-refractivity contribution in [1.29, 1.82) is 0 Å². The summed E-state index contributed by atoms with van der Waals surface area (Å²) in [7, 11) is 1.86. The minimum absolute atomic E-state index is 0.0689. The van der Waals surface area contributed by atoms with Gasteiger partial charge in [0, 0.05) is 13.6 Å². The quantitative estimate of drug-likeness (QED) is 0.628. The monoisotopic (exact) mass is 360 g/mol. The highest BCUT2D eigenvalue weighted by molar-refractivity contribution is 8.00. The molecule has 1 aromatic carbocycles. The van der Waals surface area contributed by atoms with E-state index < -0.39 is 0 Å². The lowest BCUT2D eigenvalue weighted by Gasteiger charge is -2.25. The molecular formula is C17H20N4O3S. The Morgan fingerprint density at radius 2 is 2.24 bits per heavy atom. The van der Waals surface area contributed by atoms with E-state index in [2.05, 4.69) is 22.1 Å². The lowest BCUT2D eigenvalue weighted by molar-refractivity contribution is -0.120. The first-order valence-corrected chi connectivity index (χ1v) is 8.81. The first kappa shape index (κ1) is 17.3. The van der Waals surface area contributed by atoms with Gasteiger partial charge in [-0.05, 0) is 19.1 Å². The third-order valence-electron chi connectivity index (χ3n) is 3.74.